The molecule has 3 heteroatoms. The van der Waals surface area contributed by atoms with E-state index in [4.69, 9.17) is 4.98 Å². The lowest BCUT2D eigenvalue weighted by Crippen LogP contribution is -1.81. The average molecular weight is 319 g/mol. The molecule has 0 fully saturated rings. The summed E-state index contributed by atoms with van der Waals surface area (Å²) in [5, 5.41) is 7.45. The van der Waals surface area contributed by atoms with E-state index in [2.05, 4.69) is 70.7 Å². The Hall–Kier alpha value is -2.23. The van der Waals surface area contributed by atoms with Crippen LogP contribution in [0.1, 0.15) is 0 Å². The quantitative estimate of drug-likeness (QED) is 0.438. The van der Waals surface area contributed by atoms with Gasteiger partial charge in [0.05, 0.1) is 5.69 Å². The van der Waals surface area contributed by atoms with Gasteiger partial charge in [-0.25, -0.2) is 4.98 Å². The highest BCUT2D eigenvalue weighted by Crippen LogP contribution is 2.31. The van der Waals surface area contributed by atoms with Crippen LogP contribution in [0.2, 0.25) is 0 Å². The molecule has 0 aliphatic rings. The van der Waals surface area contributed by atoms with Gasteiger partial charge in [-0.2, -0.15) is 11.3 Å². The van der Waals surface area contributed by atoms with E-state index in [1.165, 1.54) is 22.3 Å². The van der Waals surface area contributed by atoms with Crippen LogP contribution in [0.25, 0.3) is 33.0 Å². The lowest BCUT2D eigenvalue weighted by atomic mass is 10.0. The Morgan fingerprint density at radius 3 is 2.32 bits per heavy atom. The number of thiazole rings is 1. The zero-order valence-corrected chi connectivity index (χ0v) is 13.4. The molecule has 2 aromatic heterocycles. The zero-order chi connectivity index (χ0) is 14.8. The number of thiophene rings is 1. The lowest BCUT2D eigenvalue weighted by Gasteiger charge is -2.03. The number of benzene rings is 2. The summed E-state index contributed by atoms with van der Waals surface area (Å²) in [5.74, 6) is 0. The highest BCUT2D eigenvalue weighted by Gasteiger charge is 2.08. The van der Waals surface area contributed by atoms with Gasteiger partial charge in [-0.15, -0.1) is 11.3 Å². The Morgan fingerprint density at radius 2 is 1.50 bits per heavy atom. The minimum atomic E-state index is 1.05. The normalized spacial score (nSPS) is 10.7. The Labute approximate surface area is 137 Å². The van der Waals surface area contributed by atoms with Crippen LogP contribution in [0, 0.1) is 0 Å². The Kier molecular flexibility index (Phi) is 3.59. The summed E-state index contributed by atoms with van der Waals surface area (Å²) in [7, 11) is 0. The molecule has 0 unspecified atom stereocenters. The molecule has 0 amide bonds. The largest absolute Gasteiger partial charge is 0.236 e. The van der Waals surface area contributed by atoms with E-state index >= 15 is 0 Å². The van der Waals surface area contributed by atoms with Gasteiger partial charge in [0.2, 0.25) is 0 Å². The first kappa shape index (κ1) is 13.4. The average Bonchev–Trinajstić information content (AvgIpc) is 3.27. The van der Waals surface area contributed by atoms with Gasteiger partial charge >= 0.3 is 0 Å². The van der Waals surface area contributed by atoms with Crippen LogP contribution in [0.4, 0.5) is 0 Å². The van der Waals surface area contributed by atoms with E-state index in [-0.39, 0.29) is 0 Å². The van der Waals surface area contributed by atoms with Crippen LogP contribution in [0.5, 0.6) is 0 Å². The van der Waals surface area contributed by atoms with E-state index in [1.54, 1.807) is 22.7 Å². The SMILES string of the molecule is c1ccc(-c2cccc(-c3csc(-c4ccsc4)n3)c2)cc1. The minimum Gasteiger partial charge on any atom is -0.236 e. The predicted molar refractivity (Wildman–Crippen MR) is 96.3 cm³/mol. The van der Waals surface area contributed by atoms with Crippen LogP contribution in [0.3, 0.4) is 0 Å². The third-order valence-corrected chi connectivity index (χ3v) is 5.11. The van der Waals surface area contributed by atoms with E-state index < -0.39 is 0 Å². The molecule has 0 spiro atoms. The van der Waals surface area contributed by atoms with Crippen molar-refractivity contribution in [2.45, 2.75) is 0 Å². The standard InChI is InChI=1S/C19H13NS2/c1-2-5-14(6-3-1)15-7-4-8-16(11-15)18-13-22-19(20-18)17-9-10-21-12-17/h1-13H. The second-order valence-corrected chi connectivity index (χ2v) is 6.63. The van der Waals surface area contributed by atoms with Gasteiger partial charge in [0.1, 0.15) is 5.01 Å². The van der Waals surface area contributed by atoms with Crippen LogP contribution in [0.15, 0.2) is 76.8 Å². The molecule has 4 aromatic rings. The van der Waals surface area contributed by atoms with E-state index in [9.17, 15) is 0 Å². The first-order valence-electron chi connectivity index (χ1n) is 7.04. The van der Waals surface area contributed by atoms with Crippen molar-refractivity contribution in [1.82, 2.24) is 4.98 Å². The van der Waals surface area contributed by atoms with Crippen molar-refractivity contribution in [2.75, 3.05) is 0 Å². The molecule has 0 aliphatic carbocycles. The molecular formula is C19H13NS2. The van der Waals surface area contributed by atoms with Gasteiger partial charge < -0.3 is 0 Å². The molecule has 0 radical (unpaired) electrons. The zero-order valence-electron chi connectivity index (χ0n) is 11.8. The molecule has 1 nitrogen and oxygen atoms in total. The van der Waals surface area contributed by atoms with Crippen LogP contribution >= 0.6 is 22.7 Å². The molecule has 2 aromatic carbocycles. The molecule has 0 bridgehead atoms. The molecule has 2 heterocycles. The number of aromatic nitrogens is 1. The summed E-state index contributed by atoms with van der Waals surface area (Å²) in [5.41, 5.74) is 5.88. The van der Waals surface area contributed by atoms with Gasteiger partial charge in [0.25, 0.3) is 0 Å². The van der Waals surface area contributed by atoms with Crippen LogP contribution in [-0.4, -0.2) is 4.98 Å². The van der Waals surface area contributed by atoms with E-state index in [0.29, 0.717) is 0 Å². The molecule has 22 heavy (non-hydrogen) atoms. The number of nitrogens with zero attached hydrogens (tertiary/aromatic N) is 1. The topological polar surface area (TPSA) is 12.9 Å². The number of hydrogen-bond acceptors (Lipinski definition) is 3. The highest BCUT2D eigenvalue weighted by atomic mass is 32.1. The second kappa shape index (κ2) is 5.87. The first-order valence-corrected chi connectivity index (χ1v) is 8.86. The molecule has 106 valence electrons. The van der Waals surface area contributed by atoms with Gasteiger partial charge in [0.15, 0.2) is 0 Å². The van der Waals surface area contributed by atoms with Crippen molar-refractivity contribution in [1.29, 1.82) is 0 Å². The molecule has 0 saturated heterocycles. The predicted octanol–water partition coefficient (Wildman–Crippen LogP) is 6.21. The van der Waals surface area contributed by atoms with Gasteiger partial charge in [-0.05, 0) is 28.6 Å². The van der Waals surface area contributed by atoms with E-state index in [1.807, 2.05) is 6.07 Å². The third kappa shape index (κ3) is 2.61. The van der Waals surface area contributed by atoms with Gasteiger partial charge in [-0.3, -0.25) is 0 Å². The van der Waals surface area contributed by atoms with Crippen molar-refractivity contribution in [3.8, 4) is 33.0 Å². The van der Waals surface area contributed by atoms with E-state index in [0.717, 1.165) is 10.7 Å². The maximum absolute atomic E-state index is 4.78. The van der Waals surface area contributed by atoms with Crippen molar-refractivity contribution in [3.05, 3.63) is 76.8 Å². The molecule has 0 N–H and O–H groups in total. The molecule has 0 atom stereocenters. The summed E-state index contributed by atoms with van der Waals surface area (Å²) < 4.78 is 0. The summed E-state index contributed by atoms with van der Waals surface area (Å²) in [6.07, 6.45) is 0. The summed E-state index contributed by atoms with van der Waals surface area (Å²) in [4.78, 5) is 4.78. The smallest absolute Gasteiger partial charge is 0.124 e. The van der Waals surface area contributed by atoms with Gasteiger partial charge in [-0.1, -0.05) is 48.5 Å². The van der Waals surface area contributed by atoms with Crippen molar-refractivity contribution < 1.29 is 0 Å². The van der Waals surface area contributed by atoms with Gasteiger partial charge in [0, 0.05) is 21.9 Å². The fourth-order valence-electron chi connectivity index (χ4n) is 2.41. The Bertz CT molecular complexity index is 877. The van der Waals surface area contributed by atoms with Crippen molar-refractivity contribution in [2.24, 2.45) is 0 Å². The maximum atomic E-state index is 4.78. The maximum Gasteiger partial charge on any atom is 0.124 e. The van der Waals surface area contributed by atoms with Crippen molar-refractivity contribution in [3.63, 3.8) is 0 Å². The molecular weight excluding hydrogens is 306 g/mol. The number of hydrogen-bond donors (Lipinski definition) is 0. The van der Waals surface area contributed by atoms with Crippen LogP contribution < -0.4 is 0 Å². The van der Waals surface area contributed by atoms with Crippen LogP contribution in [-0.2, 0) is 0 Å². The minimum absolute atomic E-state index is 1.05. The monoisotopic (exact) mass is 319 g/mol. The lowest BCUT2D eigenvalue weighted by molar-refractivity contribution is 1.41. The second-order valence-electron chi connectivity index (χ2n) is 5.00. The summed E-state index contributed by atoms with van der Waals surface area (Å²) in [6, 6.07) is 21.1. The van der Waals surface area contributed by atoms with Crippen molar-refractivity contribution >= 4 is 22.7 Å². The highest BCUT2D eigenvalue weighted by molar-refractivity contribution is 7.14. The summed E-state index contributed by atoms with van der Waals surface area (Å²) in [6.45, 7) is 0. The fraction of sp³-hybridized carbons (Fsp3) is 0. The first-order chi connectivity index (χ1) is 10.9. The Morgan fingerprint density at radius 1 is 0.682 bits per heavy atom. The molecule has 0 saturated carbocycles. The fourth-order valence-corrected chi connectivity index (χ4v) is 3.96. The molecule has 4 rings (SSSR count). The third-order valence-electron chi connectivity index (χ3n) is 3.54. The summed E-state index contributed by atoms with van der Waals surface area (Å²) >= 11 is 3.41. The number of rotatable bonds is 3. The molecule has 0 aliphatic heterocycles. The Balaban J connectivity index is 1.72.